The molecule has 0 aliphatic carbocycles. The Morgan fingerprint density at radius 3 is 0.688 bits per heavy atom. The molecule has 1 atom stereocenters. The molecule has 0 heterocycles. The van der Waals surface area contributed by atoms with Crippen molar-refractivity contribution in [3.05, 3.63) is 0 Å². The summed E-state index contributed by atoms with van der Waals surface area (Å²) in [6.45, 7) is -6.41. The molecule has 0 aliphatic heterocycles. The van der Waals surface area contributed by atoms with E-state index in [4.69, 9.17) is 0 Å². The summed E-state index contributed by atoms with van der Waals surface area (Å²) in [5.74, 6) is -10.5. The van der Waals surface area contributed by atoms with E-state index < -0.39 is 173 Å². The topological polar surface area (TPSA) is 367 Å². The van der Waals surface area contributed by atoms with Gasteiger partial charge in [0.2, 0.25) is 82.7 Å². The van der Waals surface area contributed by atoms with Gasteiger partial charge in [-0.2, -0.15) is 0 Å². The molecule has 0 fully saturated rings. The van der Waals surface area contributed by atoms with Crippen LogP contribution in [0.3, 0.4) is 0 Å². The Kier molecular flexibility index (Phi) is 31.3. The molecule has 450 valence electrons. The molecule has 0 bridgehead atoms. The fraction of sp³-hybridized carbons (Fsp3) is 0.660. The number of likely N-dealkylation sites (N-methyl/N-ethyl adjacent to an activating group) is 13. The number of nitrogens with one attached hydrogen (secondary N) is 3. The normalized spacial score (nSPS) is 10.7. The highest BCUT2D eigenvalue weighted by atomic mass is 16.5. The van der Waals surface area contributed by atoms with Crippen LogP contribution in [-0.2, 0) is 86.2 Å². The van der Waals surface area contributed by atoms with Gasteiger partial charge >= 0.3 is 11.9 Å². The van der Waals surface area contributed by atoms with E-state index in [1.165, 1.54) is 91.6 Å². The van der Waals surface area contributed by atoms with Crippen molar-refractivity contribution in [1.29, 1.82) is 0 Å². The van der Waals surface area contributed by atoms with Crippen LogP contribution < -0.4 is 16.0 Å². The first-order valence-electron chi connectivity index (χ1n) is 24.3. The zero-order chi connectivity index (χ0) is 61.9. The Bertz CT molecular complexity index is 2300. The predicted molar refractivity (Wildman–Crippen MR) is 279 cm³/mol. The second-order valence-corrected chi connectivity index (χ2v) is 18.7. The van der Waals surface area contributed by atoms with Gasteiger partial charge in [0.05, 0.1) is 105 Å². The minimum atomic E-state index is -1.19. The summed E-state index contributed by atoms with van der Waals surface area (Å²) in [5.41, 5.74) is 0. The maximum absolute atomic E-state index is 12.9. The van der Waals surface area contributed by atoms with E-state index in [2.05, 4.69) is 25.4 Å². The summed E-state index contributed by atoms with van der Waals surface area (Å²) in [4.78, 5) is 214. The van der Waals surface area contributed by atoms with Gasteiger partial charge in [0.15, 0.2) is 0 Å². The van der Waals surface area contributed by atoms with E-state index >= 15 is 0 Å². The first-order chi connectivity index (χ1) is 37.1. The number of carbonyl (C=O) groups excluding carboxylic acids is 16. The minimum absolute atomic E-state index is 0.323. The molecule has 14 amide bonds. The Balaban J connectivity index is 4.91. The second kappa shape index (κ2) is 35.1. The highest BCUT2D eigenvalue weighted by Gasteiger charge is 2.28. The lowest BCUT2D eigenvalue weighted by molar-refractivity contribution is -0.148. The zero-order valence-corrected chi connectivity index (χ0v) is 48.4. The molecule has 0 aromatic carbocycles. The van der Waals surface area contributed by atoms with Crippen LogP contribution in [0.2, 0.25) is 0 Å². The molecule has 0 saturated carbocycles. The Morgan fingerprint density at radius 1 is 0.300 bits per heavy atom. The number of carbonyl (C=O) groups is 16. The first-order valence-corrected chi connectivity index (χ1v) is 24.3. The van der Waals surface area contributed by atoms with Crippen LogP contribution in [0, 0.1) is 0 Å². The number of amides is 14. The summed E-state index contributed by atoms with van der Waals surface area (Å²) in [6.07, 6.45) is -0.491. The van der Waals surface area contributed by atoms with Crippen LogP contribution in [0.5, 0.6) is 0 Å². The van der Waals surface area contributed by atoms with Gasteiger partial charge in [0.25, 0.3) is 0 Å². The van der Waals surface area contributed by atoms with Crippen LogP contribution in [-0.4, -0.2) is 357 Å². The molecule has 33 heteroatoms. The summed E-state index contributed by atoms with van der Waals surface area (Å²) in [6, 6.07) is -1.19. The molecule has 0 aromatic heterocycles. The average Bonchev–Trinajstić information content (AvgIpc) is 3.39. The molecule has 0 saturated heterocycles. The molecule has 0 radical (unpaired) electrons. The van der Waals surface area contributed by atoms with E-state index in [0.29, 0.717) is 0 Å². The van der Waals surface area contributed by atoms with Gasteiger partial charge in [-0.15, -0.1) is 0 Å². The van der Waals surface area contributed by atoms with Crippen LogP contribution in [0.25, 0.3) is 0 Å². The Hall–Kier alpha value is -8.52. The number of hydrogen-bond donors (Lipinski definition) is 3. The van der Waals surface area contributed by atoms with Gasteiger partial charge in [-0.1, -0.05) is 0 Å². The molecular weight excluding hydrogens is 1060 g/mol. The van der Waals surface area contributed by atoms with Crippen LogP contribution in [0.15, 0.2) is 0 Å². The van der Waals surface area contributed by atoms with E-state index in [-0.39, 0.29) is 26.2 Å². The Morgan fingerprint density at radius 2 is 0.487 bits per heavy atom. The number of ether oxygens (including phenoxy) is 2. The standard InChI is InChI=1S/C47H79N15O18/c1-48-31(47(78)50-18-34(65)52(3)20-36(67)54(5)22-38(69)56(7)24-40(71)58(9)26-42(73)60(11)28-44(75)62(13)30-46(77)80-15)16-32(63)49-17-33(64)51(2)19-35(66)53(4)21-37(68)55(6)23-39(70)57(8)25-41(72)59(10)27-43(74)61(12)29-45(76)79-14/h31,48H,16-30H2,1-15H3,(H,49,63)(H,50,78)/t31-/m0/s1. The largest absolute Gasteiger partial charge is 0.468 e. The van der Waals surface area contributed by atoms with Gasteiger partial charge in [-0.3, -0.25) is 76.7 Å². The Labute approximate surface area is 464 Å². The SMILES string of the molecule is CN[C@@H](CC(=O)NCC(=O)N(C)CC(=O)N(C)CC(=O)N(C)CC(=O)N(C)CC(=O)N(C)CC(=O)N(C)CC(=O)OC)C(=O)NCC(=O)N(C)CC(=O)N(C)CC(=O)N(C)CC(=O)N(C)CC(=O)N(C)CC(=O)N(C)CC(=O)OC. The third-order valence-electron chi connectivity index (χ3n) is 11.9. The minimum Gasteiger partial charge on any atom is -0.468 e. The predicted octanol–water partition coefficient (Wildman–Crippen LogP) is -8.96. The highest BCUT2D eigenvalue weighted by molar-refractivity contribution is 5.96. The molecular formula is C47H79N15O18. The molecule has 3 N–H and O–H groups in total. The number of esters is 2. The van der Waals surface area contributed by atoms with E-state index in [0.717, 1.165) is 73.0 Å². The molecule has 0 rings (SSSR count). The van der Waals surface area contributed by atoms with Crippen molar-refractivity contribution in [3.63, 3.8) is 0 Å². The van der Waals surface area contributed by atoms with Gasteiger partial charge in [0.1, 0.15) is 13.1 Å². The van der Waals surface area contributed by atoms with Gasteiger partial charge < -0.3 is 84.2 Å². The van der Waals surface area contributed by atoms with Crippen molar-refractivity contribution in [1.82, 2.24) is 74.7 Å². The average molecular weight is 1140 g/mol. The van der Waals surface area contributed by atoms with Crippen LogP contribution in [0.4, 0.5) is 0 Å². The molecule has 0 aromatic rings. The number of rotatable bonds is 32. The number of hydrogen-bond acceptors (Lipinski definition) is 19. The third kappa shape index (κ3) is 26.2. The number of methoxy groups -OCH3 is 2. The lowest BCUT2D eigenvalue weighted by atomic mass is 10.2. The zero-order valence-electron chi connectivity index (χ0n) is 48.4. The lowest BCUT2D eigenvalue weighted by Crippen LogP contribution is -2.50. The van der Waals surface area contributed by atoms with Gasteiger partial charge in [-0.25, -0.2) is 0 Å². The summed E-state index contributed by atoms with van der Waals surface area (Å²) in [5, 5.41) is 7.33. The van der Waals surface area contributed by atoms with E-state index in [1.54, 1.807) is 0 Å². The molecule has 0 aliphatic rings. The van der Waals surface area contributed by atoms with Crippen molar-refractivity contribution < 1.29 is 86.2 Å². The number of nitrogens with zero attached hydrogens (tertiary/aromatic N) is 12. The quantitative estimate of drug-likeness (QED) is 0.0527. The van der Waals surface area contributed by atoms with Gasteiger partial charge in [-0.05, 0) is 7.05 Å². The van der Waals surface area contributed by atoms with E-state index in [9.17, 15) is 76.7 Å². The monoisotopic (exact) mass is 1140 g/mol. The van der Waals surface area contributed by atoms with Crippen molar-refractivity contribution in [2.24, 2.45) is 0 Å². The maximum Gasteiger partial charge on any atom is 0.325 e. The van der Waals surface area contributed by atoms with Crippen molar-refractivity contribution in [2.75, 3.05) is 197 Å². The van der Waals surface area contributed by atoms with Crippen LogP contribution >= 0.6 is 0 Å². The van der Waals surface area contributed by atoms with Crippen molar-refractivity contribution >= 4 is 94.6 Å². The van der Waals surface area contributed by atoms with E-state index in [1.807, 2.05) is 0 Å². The fourth-order valence-electron chi connectivity index (χ4n) is 6.12. The van der Waals surface area contributed by atoms with Crippen LogP contribution in [0.1, 0.15) is 6.42 Å². The third-order valence-corrected chi connectivity index (χ3v) is 11.9. The summed E-state index contributed by atoms with van der Waals surface area (Å²) >= 11 is 0. The maximum atomic E-state index is 12.9. The van der Waals surface area contributed by atoms with Crippen molar-refractivity contribution in [2.45, 2.75) is 12.5 Å². The summed E-state index contributed by atoms with van der Waals surface area (Å²) in [7, 11) is 19.4. The first kappa shape index (κ1) is 71.5. The molecule has 80 heavy (non-hydrogen) atoms. The molecule has 0 spiro atoms. The second-order valence-electron chi connectivity index (χ2n) is 18.7. The summed E-state index contributed by atoms with van der Waals surface area (Å²) < 4.78 is 9.03. The van der Waals surface area contributed by atoms with Gasteiger partial charge in [0, 0.05) is 84.6 Å². The highest BCUT2D eigenvalue weighted by Crippen LogP contribution is 2.02. The van der Waals surface area contributed by atoms with Crippen molar-refractivity contribution in [3.8, 4) is 0 Å². The lowest BCUT2D eigenvalue weighted by Gasteiger charge is -2.26. The molecule has 0 unspecified atom stereocenters. The molecule has 33 nitrogen and oxygen atoms in total. The fourth-order valence-corrected chi connectivity index (χ4v) is 6.12. The smallest absolute Gasteiger partial charge is 0.325 e.